The fourth-order valence-corrected chi connectivity index (χ4v) is 7.70. The highest BCUT2D eigenvalue weighted by Crippen LogP contribution is 2.37. The van der Waals surface area contributed by atoms with E-state index in [0.29, 0.717) is 82.8 Å². The van der Waals surface area contributed by atoms with E-state index >= 15 is 0 Å². The van der Waals surface area contributed by atoms with Gasteiger partial charge in [-0.15, -0.1) is 0 Å². The van der Waals surface area contributed by atoms with E-state index in [1.165, 1.54) is 12.7 Å². The van der Waals surface area contributed by atoms with Crippen molar-refractivity contribution in [3.05, 3.63) is 61.2 Å². The molecule has 0 spiro atoms. The first-order valence-electron chi connectivity index (χ1n) is 19.9. The second-order valence-corrected chi connectivity index (χ2v) is 17.1. The summed E-state index contributed by atoms with van der Waals surface area (Å²) in [6, 6.07) is 14.9. The summed E-state index contributed by atoms with van der Waals surface area (Å²) in [7, 11) is 0. The predicted molar refractivity (Wildman–Crippen MR) is 223 cm³/mol. The number of rotatable bonds is 6. The molecule has 2 atom stereocenters. The summed E-state index contributed by atoms with van der Waals surface area (Å²) in [5, 5.41) is 11.3. The lowest BCUT2D eigenvalue weighted by Gasteiger charge is -2.34. The van der Waals surface area contributed by atoms with Crippen LogP contribution in [0.15, 0.2) is 61.2 Å². The second kappa shape index (κ2) is 15.3. The topological polar surface area (TPSA) is 208 Å². The van der Waals surface area contributed by atoms with E-state index in [1.807, 2.05) is 99.4 Å². The highest BCUT2D eigenvalue weighted by atomic mass is 16.6. The lowest BCUT2D eigenvalue weighted by molar-refractivity contribution is 0.0160. The minimum atomic E-state index is -0.590. The summed E-state index contributed by atoms with van der Waals surface area (Å²) in [5.41, 5.74) is 15.8. The lowest BCUT2D eigenvalue weighted by Crippen LogP contribution is -2.43. The molecule has 0 unspecified atom stereocenters. The van der Waals surface area contributed by atoms with Crippen molar-refractivity contribution in [3.63, 3.8) is 0 Å². The van der Waals surface area contributed by atoms with Gasteiger partial charge < -0.3 is 35.5 Å². The first-order valence-corrected chi connectivity index (χ1v) is 19.9. The summed E-state index contributed by atoms with van der Waals surface area (Å²) in [5.74, 6) is 1.88. The van der Waals surface area contributed by atoms with Gasteiger partial charge >= 0.3 is 12.2 Å². The number of aromatic nitrogens is 8. The monoisotopic (exact) mass is 802 g/mol. The number of hydrogen-bond acceptors (Lipinski definition) is 13. The number of nitrogen functional groups attached to an aromatic ring is 2. The first kappa shape index (κ1) is 39.3. The molecule has 4 aromatic heterocycles. The van der Waals surface area contributed by atoms with Gasteiger partial charge in [-0.1, -0.05) is 0 Å². The van der Waals surface area contributed by atoms with Crippen molar-refractivity contribution in [2.45, 2.75) is 90.5 Å². The van der Waals surface area contributed by atoms with Crippen molar-refractivity contribution in [1.82, 2.24) is 49.3 Å². The van der Waals surface area contributed by atoms with Gasteiger partial charge in [0.25, 0.3) is 0 Å². The molecule has 8 rings (SSSR count). The van der Waals surface area contributed by atoms with Crippen LogP contribution in [-0.2, 0) is 9.47 Å². The average molecular weight is 803 g/mol. The number of ether oxygens (including phenoxy) is 3. The number of benzene rings is 2. The number of likely N-dealkylation sites (tertiary alicyclic amines) is 2. The Hall–Kier alpha value is -6.52. The van der Waals surface area contributed by atoms with Gasteiger partial charge in [0.1, 0.15) is 58.4 Å². The number of nitrogens with zero attached hydrogens (tertiary/aromatic N) is 10. The van der Waals surface area contributed by atoms with Crippen LogP contribution in [-0.4, -0.2) is 98.9 Å². The molecule has 2 aliphatic rings. The third-order valence-electron chi connectivity index (χ3n) is 10.3. The maximum atomic E-state index is 12.9. The molecule has 17 nitrogen and oxygen atoms in total. The molecule has 2 aromatic carbocycles. The second-order valence-electron chi connectivity index (χ2n) is 17.1. The van der Waals surface area contributed by atoms with Crippen LogP contribution in [0.3, 0.4) is 0 Å². The molecule has 0 saturated carbocycles. The van der Waals surface area contributed by atoms with Crippen molar-refractivity contribution >= 4 is 45.9 Å². The molecule has 2 fully saturated rings. The number of carbonyl (C=O) groups excluding carboxylic acids is 2. The van der Waals surface area contributed by atoms with Crippen molar-refractivity contribution in [2.24, 2.45) is 0 Å². The molecule has 4 N–H and O–H groups in total. The van der Waals surface area contributed by atoms with Crippen LogP contribution in [0.4, 0.5) is 21.2 Å². The SMILES string of the molecule is CC(C)(C)OC(=O)N1CCC[C@@H](n2nc(-c3ccc(Oc4ccc(-c5nn([C@@H]6CCCN(C(=O)OC(C)(C)C)C6)c6ncnc(N)c56)cc4)cc3)c3c(N)ncnc32)C1. The highest BCUT2D eigenvalue weighted by molar-refractivity contribution is 5.99. The Bertz CT molecular complexity index is 2330. The van der Waals surface area contributed by atoms with Crippen LogP contribution in [0.5, 0.6) is 11.5 Å². The largest absolute Gasteiger partial charge is 0.457 e. The van der Waals surface area contributed by atoms with Crippen molar-refractivity contribution < 1.29 is 23.8 Å². The zero-order chi connectivity index (χ0) is 41.6. The molecule has 2 saturated heterocycles. The number of amides is 2. The maximum absolute atomic E-state index is 12.9. The number of hydrogen-bond donors (Lipinski definition) is 2. The smallest absolute Gasteiger partial charge is 0.410 e. The van der Waals surface area contributed by atoms with Crippen molar-refractivity contribution in [2.75, 3.05) is 37.6 Å². The van der Waals surface area contributed by atoms with E-state index in [1.54, 1.807) is 9.80 Å². The molecule has 6 heterocycles. The van der Waals surface area contributed by atoms with E-state index in [4.69, 9.17) is 35.9 Å². The minimum Gasteiger partial charge on any atom is -0.457 e. The van der Waals surface area contributed by atoms with Gasteiger partial charge in [0.15, 0.2) is 11.3 Å². The summed E-state index contributed by atoms with van der Waals surface area (Å²) >= 11 is 0. The van der Waals surface area contributed by atoms with E-state index in [9.17, 15) is 9.59 Å². The predicted octanol–water partition coefficient (Wildman–Crippen LogP) is 7.40. The Morgan fingerprint density at radius 3 is 1.37 bits per heavy atom. The fraction of sp³-hybridized carbons (Fsp3) is 0.429. The average Bonchev–Trinajstić information content (AvgIpc) is 3.79. The van der Waals surface area contributed by atoms with E-state index in [0.717, 1.165) is 36.8 Å². The van der Waals surface area contributed by atoms with Gasteiger partial charge in [-0.05, 0) is 116 Å². The Labute approximate surface area is 341 Å². The van der Waals surface area contributed by atoms with Crippen LogP contribution in [0, 0.1) is 0 Å². The van der Waals surface area contributed by atoms with E-state index in [2.05, 4.69) is 19.9 Å². The van der Waals surface area contributed by atoms with Gasteiger partial charge in [-0.3, -0.25) is 0 Å². The van der Waals surface area contributed by atoms with Gasteiger partial charge in [0, 0.05) is 37.3 Å². The molecule has 2 aliphatic heterocycles. The van der Waals surface area contributed by atoms with Crippen molar-refractivity contribution in [3.8, 4) is 34.0 Å². The molecular weight excluding hydrogens is 753 g/mol. The molecule has 0 aliphatic carbocycles. The Kier molecular flexibility index (Phi) is 10.2. The van der Waals surface area contributed by atoms with E-state index < -0.39 is 11.2 Å². The Balaban J connectivity index is 1.00. The van der Waals surface area contributed by atoms with Gasteiger partial charge in [-0.25, -0.2) is 38.9 Å². The van der Waals surface area contributed by atoms with Crippen LogP contribution in [0.1, 0.15) is 79.3 Å². The third kappa shape index (κ3) is 8.27. The number of carbonyl (C=O) groups is 2. The van der Waals surface area contributed by atoms with Gasteiger partial charge in [0.2, 0.25) is 0 Å². The third-order valence-corrected chi connectivity index (χ3v) is 10.3. The summed E-state index contributed by atoms with van der Waals surface area (Å²) in [6.07, 6.45) is 5.42. The molecule has 17 heteroatoms. The number of fused-ring (bicyclic) bond motifs is 2. The maximum Gasteiger partial charge on any atom is 0.410 e. The minimum absolute atomic E-state index is 0.120. The normalized spacial score (nSPS) is 17.7. The molecule has 59 heavy (non-hydrogen) atoms. The Morgan fingerprint density at radius 2 is 1.00 bits per heavy atom. The summed E-state index contributed by atoms with van der Waals surface area (Å²) in [6.45, 7) is 13.3. The lowest BCUT2D eigenvalue weighted by atomic mass is 10.1. The number of nitrogens with two attached hydrogens (primary N) is 2. The molecule has 0 bridgehead atoms. The summed E-state index contributed by atoms with van der Waals surface area (Å²) in [4.78, 5) is 47.0. The Morgan fingerprint density at radius 1 is 0.610 bits per heavy atom. The van der Waals surface area contributed by atoms with Crippen LogP contribution >= 0.6 is 0 Å². The van der Waals surface area contributed by atoms with Crippen LogP contribution in [0.25, 0.3) is 44.6 Å². The molecule has 2 amide bonds. The first-order chi connectivity index (χ1) is 28.1. The quantitative estimate of drug-likeness (QED) is 0.168. The molecule has 6 aromatic rings. The molecular formula is C42H50N12O5. The van der Waals surface area contributed by atoms with Crippen LogP contribution in [0.2, 0.25) is 0 Å². The number of anilines is 2. The highest BCUT2D eigenvalue weighted by Gasteiger charge is 2.33. The van der Waals surface area contributed by atoms with Gasteiger partial charge in [0.05, 0.1) is 22.9 Å². The zero-order valence-electron chi connectivity index (χ0n) is 34.3. The zero-order valence-corrected chi connectivity index (χ0v) is 34.3. The van der Waals surface area contributed by atoms with Gasteiger partial charge in [-0.2, -0.15) is 10.2 Å². The molecule has 308 valence electrons. The van der Waals surface area contributed by atoms with E-state index in [-0.39, 0.29) is 24.3 Å². The molecule has 0 radical (unpaired) electrons. The summed E-state index contributed by atoms with van der Waals surface area (Å²) < 4.78 is 21.3. The fourth-order valence-electron chi connectivity index (χ4n) is 7.70. The standard InChI is InChI=1S/C42H50N12O5/c1-41(2,3)58-39(55)51-19-7-9-27(21-51)53-37-31(35(43)45-23-47-37)33(49-53)25-11-15-29(16-12-25)57-30-17-13-26(14-18-30)34-32-36(44)46-24-48-38(32)54(50-34)28-10-8-20-52(22-28)40(56)59-42(4,5)6/h11-18,23-24,27-28H,7-10,19-22H2,1-6H3,(H2,43,45,47)(H2,44,46,48)/t27-,28-/m1/s1. The van der Waals surface area contributed by atoms with Crippen LogP contribution < -0.4 is 16.2 Å². The van der Waals surface area contributed by atoms with Crippen molar-refractivity contribution in [1.29, 1.82) is 0 Å². The number of piperidine rings is 2.